The van der Waals surface area contributed by atoms with Crippen molar-refractivity contribution in [1.82, 2.24) is 0 Å². The third-order valence-electron chi connectivity index (χ3n) is 6.00. The molecule has 0 aromatic carbocycles. The van der Waals surface area contributed by atoms with Gasteiger partial charge in [0.05, 0.1) is 36.9 Å². The Morgan fingerprint density at radius 3 is 1.30 bits per heavy atom. The normalized spacial score (nSPS) is 26.8. The van der Waals surface area contributed by atoms with E-state index in [0.717, 1.165) is 25.7 Å². The molecule has 2 fully saturated rings. The highest BCUT2D eigenvalue weighted by Crippen LogP contribution is 2.32. The second kappa shape index (κ2) is 12.3. The summed E-state index contributed by atoms with van der Waals surface area (Å²) in [7, 11) is 0. The second-order valence-electron chi connectivity index (χ2n) is 8.06. The van der Waals surface area contributed by atoms with Crippen LogP contribution in [0.25, 0.3) is 0 Å². The van der Waals surface area contributed by atoms with Gasteiger partial charge in [0.1, 0.15) is 0 Å². The average Bonchev–Trinajstić information content (AvgIpc) is 2.75. The van der Waals surface area contributed by atoms with Crippen LogP contribution in [0.4, 0.5) is 0 Å². The molecule has 0 saturated heterocycles. The number of ether oxygens (including phenoxy) is 2. The number of carbonyl (C=O) groups is 4. The molecule has 0 amide bonds. The van der Waals surface area contributed by atoms with E-state index in [1.165, 1.54) is 0 Å². The molecule has 8 heteroatoms. The van der Waals surface area contributed by atoms with Gasteiger partial charge >= 0.3 is 23.9 Å². The average molecular weight is 424 g/mol. The molecule has 0 aromatic heterocycles. The van der Waals surface area contributed by atoms with Crippen molar-refractivity contribution < 1.29 is 38.9 Å². The van der Waals surface area contributed by atoms with Gasteiger partial charge in [-0.05, 0) is 38.5 Å². The standard InChI is InChI=1S/C22H32O8/c23-19(24)15-9-3-5-11-17(15)21(27)29-13-7-1-2-8-14-30-22(28)18-12-6-4-10-16(18)20(25)26/h1-2,15-18H,3-14H2,(H,23,24)(H,25,26)/b2-1+. The Balaban J connectivity index is 1.60. The van der Waals surface area contributed by atoms with Crippen LogP contribution in [0.15, 0.2) is 12.2 Å². The first-order valence-corrected chi connectivity index (χ1v) is 10.9. The van der Waals surface area contributed by atoms with Crippen molar-refractivity contribution in [3.63, 3.8) is 0 Å². The number of carbonyl (C=O) groups excluding carboxylic acids is 2. The van der Waals surface area contributed by atoms with E-state index in [9.17, 15) is 29.4 Å². The van der Waals surface area contributed by atoms with E-state index < -0.39 is 47.5 Å². The van der Waals surface area contributed by atoms with Gasteiger partial charge in [-0.3, -0.25) is 19.2 Å². The summed E-state index contributed by atoms with van der Waals surface area (Å²) in [6.45, 7) is 0.362. The summed E-state index contributed by atoms with van der Waals surface area (Å²) in [6.07, 6.45) is 10.1. The second-order valence-corrected chi connectivity index (χ2v) is 8.06. The predicted octanol–water partition coefficient (Wildman–Crippen LogP) is 3.19. The fraction of sp³-hybridized carbons (Fsp3) is 0.727. The Kier molecular flexibility index (Phi) is 9.83. The van der Waals surface area contributed by atoms with Gasteiger partial charge in [-0.2, -0.15) is 0 Å². The lowest BCUT2D eigenvalue weighted by Crippen LogP contribution is -2.34. The van der Waals surface area contributed by atoms with Crippen molar-refractivity contribution in [2.45, 2.75) is 64.2 Å². The molecule has 4 atom stereocenters. The van der Waals surface area contributed by atoms with Crippen molar-refractivity contribution in [3.05, 3.63) is 12.2 Å². The molecule has 0 spiro atoms. The Morgan fingerprint density at radius 2 is 0.967 bits per heavy atom. The zero-order valence-corrected chi connectivity index (χ0v) is 17.3. The molecule has 0 aromatic rings. The smallest absolute Gasteiger partial charge is 0.309 e. The van der Waals surface area contributed by atoms with E-state index in [4.69, 9.17) is 9.47 Å². The molecule has 2 aliphatic carbocycles. The van der Waals surface area contributed by atoms with Gasteiger partial charge in [-0.15, -0.1) is 0 Å². The van der Waals surface area contributed by atoms with Crippen molar-refractivity contribution in [2.24, 2.45) is 23.7 Å². The molecule has 0 radical (unpaired) electrons. The van der Waals surface area contributed by atoms with Gasteiger partial charge in [-0.25, -0.2) is 0 Å². The highest BCUT2D eigenvalue weighted by Gasteiger charge is 2.37. The number of aliphatic carboxylic acids is 2. The van der Waals surface area contributed by atoms with Crippen molar-refractivity contribution in [1.29, 1.82) is 0 Å². The van der Waals surface area contributed by atoms with Crippen LogP contribution in [0.2, 0.25) is 0 Å². The Labute approximate surface area is 176 Å². The van der Waals surface area contributed by atoms with Crippen molar-refractivity contribution in [3.8, 4) is 0 Å². The highest BCUT2D eigenvalue weighted by atomic mass is 16.5. The summed E-state index contributed by atoms with van der Waals surface area (Å²) in [5, 5.41) is 18.5. The van der Waals surface area contributed by atoms with E-state index in [1.807, 2.05) is 12.2 Å². The van der Waals surface area contributed by atoms with Gasteiger partial charge < -0.3 is 19.7 Å². The van der Waals surface area contributed by atoms with Gasteiger partial charge in [-0.1, -0.05) is 37.8 Å². The molecular weight excluding hydrogens is 392 g/mol. The van der Waals surface area contributed by atoms with E-state index >= 15 is 0 Å². The van der Waals surface area contributed by atoms with E-state index in [-0.39, 0.29) is 13.2 Å². The lowest BCUT2D eigenvalue weighted by molar-refractivity contribution is -0.159. The topological polar surface area (TPSA) is 127 Å². The number of hydrogen-bond donors (Lipinski definition) is 2. The van der Waals surface area contributed by atoms with Crippen LogP contribution in [-0.4, -0.2) is 47.3 Å². The first-order chi connectivity index (χ1) is 14.4. The quantitative estimate of drug-likeness (QED) is 0.311. The number of hydrogen-bond acceptors (Lipinski definition) is 6. The van der Waals surface area contributed by atoms with E-state index in [0.29, 0.717) is 38.5 Å². The first-order valence-electron chi connectivity index (χ1n) is 10.9. The summed E-state index contributed by atoms with van der Waals surface area (Å²) >= 11 is 0. The molecule has 0 heterocycles. The van der Waals surface area contributed by atoms with Gasteiger partial charge in [0.2, 0.25) is 0 Å². The molecule has 2 aliphatic rings. The van der Waals surface area contributed by atoms with Crippen molar-refractivity contribution in [2.75, 3.05) is 13.2 Å². The Bertz CT molecular complexity index is 587. The maximum Gasteiger partial charge on any atom is 0.309 e. The van der Waals surface area contributed by atoms with Crippen LogP contribution >= 0.6 is 0 Å². The number of rotatable bonds is 10. The highest BCUT2D eigenvalue weighted by molar-refractivity contribution is 5.82. The summed E-state index contributed by atoms with van der Waals surface area (Å²) in [5.41, 5.74) is 0. The largest absolute Gasteiger partial charge is 0.481 e. The predicted molar refractivity (Wildman–Crippen MR) is 106 cm³/mol. The molecule has 2 rings (SSSR count). The van der Waals surface area contributed by atoms with Crippen LogP contribution in [0.5, 0.6) is 0 Å². The minimum Gasteiger partial charge on any atom is -0.481 e. The summed E-state index contributed by atoms with van der Waals surface area (Å²) in [4.78, 5) is 46.8. The molecule has 8 nitrogen and oxygen atoms in total. The molecule has 0 aliphatic heterocycles. The maximum absolute atomic E-state index is 12.1. The summed E-state index contributed by atoms with van der Waals surface area (Å²) in [5.74, 6) is -5.18. The lowest BCUT2D eigenvalue weighted by Gasteiger charge is -2.26. The SMILES string of the molecule is O=C(O)C1CCCCC1C(=O)OCC/C=C/CCOC(=O)C1CCCCC1C(=O)O. The minimum atomic E-state index is -0.936. The molecule has 168 valence electrons. The van der Waals surface area contributed by atoms with Crippen LogP contribution < -0.4 is 0 Å². The van der Waals surface area contributed by atoms with Gasteiger partial charge in [0.25, 0.3) is 0 Å². The zero-order valence-electron chi connectivity index (χ0n) is 17.3. The van der Waals surface area contributed by atoms with Gasteiger partial charge in [0, 0.05) is 0 Å². The lowest BCUT2D eigenvalue weighted by atomic mass is 9.79. The fourth-order valence-electron chi connectivity index (χ4n) is 4.32. The van der Waals surface area contributed by atoms with Crippen LogP contribution in [0.3, 0.4) is 0 Å². The van der Waals surface area contributed by atoms with Crippen LogP contribution in [-0.2, 0) is 28.7 Å². The summed E-state index contributed by atoms with van der Waals surface area (Å²) in [6, 6.07) is 0. The van der Waals surface area contributed by atoms with Crippen LogP contribution in [0.1, 0.15) is 64.2 Å². The third kappa shape index (κ3) is 7.15. The number of esters is 2. The van der Waals surface area contributed by atoms with Crippen LogP contribution in [0, 0.1) is 23.7 Å². The molecule has 30 heavy (non-hydrogen) atoms. The molecule has 0 bridgehead atoms. The van der Waals surface area contributed by atoms with Crippen molar-refractivity contribution >= 4 is 23.9 Å². The fourth-order valence-corrected chi connectivity index (χ4v) is 4.32. The number of carboxylic acid groups (broad SMARTS) is 2. The molecule has 2 saturated carbocycles. The monoisotopic (exact) mass is 424 g/mol. The third-order valence-corrected chi connectivity index (χ3v) is 6.00. The van der Waals surface area contributed by atoms with E-state index in [1.54, 1.807) is 0 Å². The first kappa shape index (κ1) is 23.9. The number of carboxylic acids is 2. The summed E-state index contributed by atoms with van der Waals surface area (Å²) < 4.78 is 10.5. The Hall–Kier alpha value is -2.38. The molecular formula is C22H32O8. The Morgan fingerprint density at radius 1 is 0.633 bits per heavy atom. The zero-order chi connectivity index (χ0) is 21.9. The van der Waals surface area contributed by atoms with Gasteiger partial charge in [0.15, 0.2) is 0 Å². The molecule has 4 unspecified atom stereocenters. The molecule has 2 N–H and O–H groups in total. The van der Waals surface area contributed by atoms with E-state index in [2.05, 4.69) is 0 Å². The minimum absolute atomic E-state index is 0.181. The maximum atomic E-state index is 12.1.